The highest BCUT2D eigenvalue weighted by Gasteiger charge is 2.23. The molecule has 4 nitrogen and oxygen atoms in total. The molecule has 1 saturated heterocycles. The average Bonchev–Trinajstić information content (AvgIpc) is 2.56. The van der Waals surface area contributed by atoms with Gasteiger partial charge in [-0.3, -0.25) is 9.59 Å². The second-order valence-electron chi connectivity index (χ2n) is 6.44. The summed E-state index contributed by atoms with van der Waals surface area (Å²) < 4.78 is 5.22. The molecule has 0 aromatic rings. The zero-order valence-electron chi connectivity index (χ0n) is 14.9. The second-order valence-corrected chi connectivity index (χ2v) is 6.44. The molecule has 1 heterocycles. The maximum Gasteiger partial charge on any atom is 0.306 e. The third kappa shape index (κ3) is 7.71. The predicted molar refractivity (Wildman–Crippen MR) is 94.5 cm³/mol. The monoisotopic (exact) mass is 334 g/mol. The van der Waals surface area contributed by atoms with Crippen LogP contribution in [0.5, 0.6) is 0 Å². The Bertz CT molecular complexity index is 464. The minimum absolute atomic E-state index is 0.00981. The Morgan fingerprint density at radius 2 is 2.12 bits per heavy atom. The summed E-state index contributed by atoms with van der Waals surface area (Å²) in [6.45, 7) is 3.70. The van der Waals surface area contributed by atoms with E-state index >= 15 is 0 Å². The number of allylic oxidation sites excluding steroid dienone is 3. The first-order valence-corrected chi connectivity index (χ1v) is 9.07. The quantitative estimate of drug-likeness (QED) is 0.246. The van der Waals surface area contributed by atoms with Gasteiger partial charge in [0.1, 0.15) is 18.2 Å². The summed E-state index contributed by atoms with van der Waals surface area (Å²) in [5, 5.41) is 0. The number of ketones is 1. The molecule has 3 atom stereocenters. The van der Waals surface area contributed by atoms with Crippen molar-refractivity contribution in [2.24, 2.45) is 11.8 Å². The van der Waals surface area contributed by atoms with Crippen LogP contribution in [-0.4, -0.2) is 24.1 Å². The molecule has 0 aliphatic carbocycles. The topological polar surface area (TPSA) is 60.4 Å². The molecular weight excluding hydrogens is 304 g/mol. The molecule has 0 N–H and O–H groups in total. The summed E-state index contributed by atoms with van der Waals surface area (Å²) >= 11 is 0. The van der Waals surface area contributed by atoms with Crippen molar-refractivity contribution in [1.82, 2.24) is 0 Å². The van der Waals surface area contributed by atoms with E-state index in [0.717, 1.165) is 32.0 Å². The maximum atomic E-state index is 11.9. The summed E-state index contributed by atoms with van der Waals surface area (Å²) in [5.41, 5.74) is 0. The van der Waals surface area contributed by atoms with Crippen LogP contribution in [0.15, 0.2) is 24.3 Å². The maximum absolute atomic E-state index is 11.9. The Balaban J connectivity index is 2.57. The van der Waals surface area contributed by atoms with Gasteiger partial charge in [0.15, 0.2) is 0 Å². The lowest BCUT2D eigenvalue weighted by Crippen LogP contribution is -2.24. The van der Waals surface area contributed by atoms with E-state index in [-0.39, 0.29) is 23.8 Å². The molecule has 1 aliphatic rings. The van der Waals surface area contributed by atoms with Gasteiger partial charge in [-0.1, -0.05) is 38.0 Å². The first-order chi connectivity index (χ1) is 11.6. The number of hydrogen-bond donors (Lipinski definition) is 0. The van der Waals surface area contributed by atoms with E-state index in [1.807, 2.05) is 6.08 Å². The molecule has 0 spiro atoms. The van der Waals surface area contributed by atoms with Gasteiger partial charge < -0.3 is 9.53 Å². The van der Waals surface area contributed by atoms with E-state index in [1.165, 1.54) is 19.8 Å². The Labute approximate surface area is 145 Å². The van der Waals surface area contributed by atoms with Crippen molar-refractivity contribution in [1.29, 1.82) is 0 Å². The van der Waals surface area contributed by atoms with E-state index < -0.39 is 5.92 Å². The summed E-state index contributed by atoms with van der Waals surface area (Å²) in [5.74, 6) is -1.00. The number of hydrogen-bond acceptors (Lipinski definition) is 4. The van der Waals surface area contributed by atoms with E-state index in [9.17, 15) is 14.4 Å². The minimum Gasteiger partial charge on any atom is -0.458 e. The van der Waals surface area contributed by atoms with E-state index in [1.54, 1.807) is 12.2 Å². The molecule has 4 heteroatoms. The van der Waals surface area contributed by atoms with Crippen LogP contribution < -0.4 is 0 Å². The van der Waals surface area contributed by atoms with Crippen LogP contribution in [0.3, 0.4) is 0 Å². The Kier molecular flexibility index (Phi) is 9.97. The Hall–Kier alpha value is -1.71. The minimum atomic E-state index is -0.469. The van der Waals surface area contributed by atoms with Gasteiger partial charge in [0, 0.05) is 18.3 Å². The fourth-order valence-electron chi connectivity index (χ4n) is 2.86. The van der Waals surface area contributed by atoms with Gasteiger partial charge in [-0.15, -0.1) is 0 Å². The number of carbonyl (C=O) groups excluding carboxylic acids is 3. The van der Waals surface area contributed by atoms with Crippen molar-refractivity contribution in [3.8, 4) is 0 Å². The molecule has 0 aromatic carbocycles. The molecule has 0 unspecified atom stereocenters. The number of cyclic esters (lactones) is 1. The van der Waals surface area contributed by atoms with Crippen LogP contribution in [0.1, 0.15) is 65.2 Å². The van der Waals surface area contributed by atoms with Gasteiger partial charge in [-0.2, -0.15) is 0 Å². The molecule has 1 aliphatic heterocycles. The number of Topliss-reactive ketones (excluding diaryl/α,β-unsaturated/α-hetero) is 1. The summed E-state index contributed by atoms with van der Waals surface area (Å²) in [6, 6.07) is 0. The van der Waals surface area contributed by atoms with Crippen LogP contribution in [0, 0.1) is 11.8 Å². The predicted octanol–water partition coefficient (Wildman–Crippen LogP) is 4.19. The van der Waals surface area contributed by atoms with E-state index in [0.29, 0.717) is 12.8 Å². The third-order valence-electron chi connectivity index (χ3n) is 4.38. The summed E-state index contributed by atoms with van der Waals surface area (Å²) in [6.07, 6.45) is 15.3. The SMILES string of the molecule is CCCCC/C=C\C[C@@H](C(C)=O)[C@@H](C=O)/C=C/[C@@H]1CCCC(=O)O1. The molecule has 0 bridgehead atoms. The third-order valence-corrected chi connectivity index (χ3v) is 4.38. The molecule has 134 valence electrons. The zero-order chi connectivity index (χ0) is 17.8. The molecular formula is C20H30O4. The average molecular weight is 334 g/mol. The number of esters is 1. The highest BCUT2D eigenvalue weighted by Crippen LogP contribution is 2.21. The molecule has 1 rings (SSSR count). The van der Waals surface area contributed by atoms with Gasteiger partial charge in [0.25, 0.3) is 0 Å². The molecule has 0 radical (unpaired) electrons. The fraction of sp³-hybridized carbons (Fsp3) is 0.650. The van der Waals surface area contributed by atoms with Crippen LogP contribution in [0.25, 0.3) is 0 Å². The number of carbonyl (C=O) groups is 3. The second kappa shape index (κ2) is 11.8. The molecule has 24 heavy (non-hydrogen) atoms. The zero-order valence-corrected chi connectivity index (χ0v) is 14.9. The molecule has 0 aromatic heterocycles. The lowest BCUT2D eigenvalue weighted by Gasteiger charge is -2.20. The van der Waals surface area contributed by atoms with Gasteiger partial charge in [0.05, 0.1) is 0 Å². The van der Waals surface area contributed by atoms with Crippen LogP contribution in [0.4, 0.5) is 0 Å². The Morgan fingerprint density at radius 3 is 2.75 bits per heavy atom. The van der Waals surface area contributed by atoms with Crippen molar-refractivity contribution in [3.05, 3.63) is 24.3 Å². The van der Waals surface area contributed by atoms with E-state index in [4.69, 9.17) is 4.74 Å². The van der Waals surface area contributed by atoms with Gasteiger partial charge >= 0.3 is 5.97 Å². The number of aldehydes is 1. The molecule has 0 saturated carbocycles. The van der Waals surface area contributed by atoms with Gasteiger partial charge in [0.2, 0.25) is 0 Å². The van der Waals surface area contributed by atoms with Crippen LogP contribution in [0.2, 0.25) is 0 Å². The lowest BCUT2D eigenvalue weighted by molar-refractivity contribution is -0.150. The standard InChI is InChI=1S/C20H30O4/c1-3-4-5-6-7-8-11-19(16(2)22)17(15-21)13-14-18-10-9-12-20(23)24-18/h7-8,13-15,17-19H,3-6,9-12H2,1-2H3/b8-7-,14-13+/t17-,18+,19+/m1/s1. The Morgan fingerprint density at radius 1 is 1.33 bits per heavy atom. The fourth-order valence-corrected chi connectivity index (χ4v) is 2.86. The van der Waals surface area contributed by atoms with Crippen LogP contribution >= 0.6 is 0 Å². The van der Waals surface area contributed by atoms with Crippen molar-refractivity contribution in [2.45, 2.75) is 71.3 Å². The number of unbranched alkanes of at least 4 members (excludes halogenated alkanes) is 3. The highest BCUT2D eigenvalue weighted by atomic mass is 16.5. The summed E-state index contributed by atoms with van der Waals surface area (Å²) in [7, 11) is 0. The number of ether oxygens (including phenoxy) is 1. The van der Waals surface area contributed by atoms with Crippen molar-refractivity contribution in [3.63, 3.8) is 0 Å². The smallest absolute Gasteiger partial charge is 0.306 e. The van der Waals surface area contributed by atoms with Crippen molar-refractivity contribution < 1.29 is 19.1 Å². The number of rotatable bonds is 11. The van der Waals surface area contributed by atoms with Gasteiger partial charge in [-0.05, 0) is 45.1 Å². The van der Waals surface area contributed by atoms with Crippen LogP contribution in [-0.2, 0) is 19.1 Å². The molecule has 1 fully saturated rings. The first kappa shape index (κ1) is 20.3. The largest absolute Gasteiger partial charge is 0.458 e. The summed E-state index contributed by atoms with van der Waals surface area (Å²) in [4.78, 5) is 34.6. The van der Waals surface area contributed by atoms with E-state index in [2.05, 4.69) is 13.0 Å². The normalized spacial score (nSPS) is 20.9. The van der Waals surface area contributed by atoms with Gasteiger partial charge in [-0.25, -0.2) is 0 Å². The highest BCUT2D eigenvalue weighted by molar-refractivity contribution is 5.82. The van der Waals surface area contributed by atoms with Crippen molar-refractivity contribution >= 4 is 18.0 Å². The lowest BCUT2D eigenvalue weighted by atomic mass is 9.86. The van der Waals surface area contributed by atoms with Crippen molar-refractivity contribution in [2.75, 3.05) is 0 Å². The first-order valence-electron chi connectivity index (χ1n) is 9.07. The molecule has 0 amide bonds.